The number of nitrogens with zero attached hydrogens (tertiary/aromatic N) is 4. The molecule has 8 nitrogen and oxygen atoms in total. The first-order valence-electron chi connectivity index (χ1n) is 9.43. The van der Waals surface area contributed by atoms with E-state index in [1.165, 1.54) is 11.7 Å². The summed E-state index contributed by atoms with van der Waals surface area (Å²) in [6.45, 7) is 6.02. The summed E-state index contributed by atoms with van der Waals surface area (Å²) in [6, 6.07) is 9.32. The maximum Gasteiger partial charge on any atom is 0.335 e. The van der Waals surface area contributed by atoms with Gasteiger partial charge in [-0.15, -0.1) is 0 Å². The number of piperazine rings is 1. The zero-order valence-corrected chi connectivity index (χ0v) is 16.6. The quantitative estimate of drug-likeness (QED) is 0.753. The first-order chi connectivity index (χ1) is 13.5. The Balaban J connectivity index is 2.02. The highest BCUT2D eigenvalue weighted by atomic mass is 16.5. The average Bonchev–Trinajstić information content (AvgIpc) is 2.70. The van der Waals surface area contributed by atoms with Gasteiger partial charge < -0.3 is 14.5 Å². The maximum absolute atomic E-state index is 13.0. The van der Waals surface area contributed by atoms with Crippen LogP contribution in [0.4, 0.5) is 5.69 Å². The summed E-state index contributed by atoms with van der Waals surface area (Å²) < 4.78 is 7.77. The molecule has 3 rings (SSSR count). The van der Waals surface area contributed by atoms with Crippen LogP contribution in [0.5, 0.6) is 0 Å². The maximum atomic E-state index is 13.0. The van der Waals surface area contributed by atoms with E-state index in [4.69, 9.17) is 4.74 Å². The number of rotatable bonds is 5. The summed E-state index contributed by atoms with van der Waals surface area (Å²) in [7, 11) is 1.50. The molecule has 1 amide bonds. The average molecular weight is 386 g/mol. The van der Waals surface area contributed by atoms with Gasteiger partial charge in [0.1, 0.15) is 12.3 Å². The predicted octanol–water partition coefficient (Wildman–Crippen LogP) is 0.623. The van der Waals surface area contributed by atoms with E-state index in [1.807, 2.05) is 35.2 Å². The molecule has 1 aliphatic heterocycles. The summed E-state index contributed by atoms with van der Waals surface area (Å²) in [6.07, 6.45) is 0. The van der Waals surface area contributed by atoms with Crippen molar-refractivity contribution in [2.75, 3.05) is 44.8 Å². The Bertz CT molecular complexity index is 957. The number of amides is 1. The fraction of sp³-hybridized carbons (Fsp3) is 0.450. The van der Waals surface area contributed by atoms with Gasteiger partial charge in [0.05, 0.1) is 11.4 Å². The van der Waals surface area contributed by atoms with E-state index < -0.39 is 0 Å². The van der Waals surface area contributed by atoms with Gasteiger partial charge in [0.15, 0.2) is 0 Å². The number of carbonyl (C=O) groups excluding carboxylic acids is 1. The second kappa shape index (κ2) is 8.43. The topological polar surface area (TPSA) is 76.8 Å². The third-order valence-electron chi connectivity index (χ3n) is 5.10. The normalized spacial score (nSPS) is 14.4. The van der Waals surface area contributed by atoms with Crippen LogP contribution in [0, 0.1) is 6.92 Å². The molecule has 0 aliphatic carbocycles. The smallest absolute Gasteiger partial charge is 0.335 e. The summed E-state index contributed by atoms with van der Waals surface area (Å²) in [5, 5.41) is 0. The van der Waals surface area contributed by atoms with Crippen molar-refractivity contribution >= 4 is 11.6 Å². The second-order valence-corrected chi connectivity index (χ2v) is 6.74. The number of aromatic nitrogens is 2. The molecule has 8 heteroatoms. The van der Waals surface area contributed by atoms with Crippen molar-refractivity contribution in [3.05, 3.63) is 56.9 Å². The third-order valence-corrected chi connectivity index (χ3v) is 5.10. The minimum Gasteiger partial charge on any atom is -0.375 e. The van der Waals surface area contributed by atoms with Gasteiger partial charge in [0.25, 0.3) is 5.56 Å². The van der Waals surface area contributed by atoms with Crippen LogP contribution < -0.4 is 16.1 Å². The Morgan fingerprint density at radius 1 is 1.07 bits per heavy atom. The van der Waals surface area contributed by atoms with Gasteiger partial charge in [-0.2, -0.15) is 0 Å². The number of ether oxygens (including phenoxy) is 1. The summed E-state index contributed by atoms with van der Waals surface area (Å²) in [4.78, 5) is 41.7. The summed E-state index contributed by atoms with van der Waals surface area (Å²) >= 11 is 0. The molecular weight excluding hydrogens is 360 g/mol. The lowest BCUT2D eigenvalue weighted by Crippen LogP contribution is -2.52. The zero-order valence-electron chi connectivity index (χ0n) is 16.6. The van der Waals surface area contributed by atoms with Gasteiger partial charge in [-0.1, -0.05) is 18.2 Å². The van der Waals surface area contributed by atoms with E-state index in [2.05, 4.69) is 0 Å². The van der Waals surface area contributed by atoms with Gasteiger partial charge in [-0.05, 0) is 26.0 Å². The lowest BCUT2D eigenvalue weighted by molar-refractivity contribution is -0.135. The molecule has 0 atom stereocenters. The number of benzene rings is 1. The van der Waals surface area contributed by atoms with Gasteiger partial charge in [0, 0.05) is 39.8 Å². The predicted molar refractivity (Wildman–Crippen MR) is 107 cm³/mol. The minimum atomic E-state index is -0.339. The SMILES string of the molecule is CCn1c(=O)c(N2CCN(C(=O)COC)CC2)c(C)n(-c2ccccc2)c1=O. The van der Waals surface area contributed by atoms with E-state index >= 15 is 0 Å². The summed E-state index contributed by atoms with van der Waals surface area (Å²) in [5.41, 5.74) is 1.23. The molecule has 28 heavy (non-hydrogen) atoms. The number of carbonyl (C=O) groups is 1. The molecule has 0 unspecified atom stereocenters. The molecule has 1 fully saturated rings. The zero-order chi connectivity index (χ0) is 20.3. The standard InChI is InChI=1S/C20H26N4O4/c1-4-23-19(26)18(22-12-10-21(11-13-22)17(25)14-28-3)15(2)24(20(23)27)16-8-6-5-7-9-16/h5-9H,4,10-14H2,1-3H3. The highest BCUT2D eigenvalue weighted by Gasteiger charge is 2.26. The number of methoxy groups -OCH3 is 1. The van der Waals surface area contributed by atoms with Gasteiger partial charge in [-0.25, -0.2) is 4.79 Å². The van der Waals surface area contributed by atoms with E-state index in [0.717, 1.165) is 5.69 Å². The molecule has 0 N–H and O–H groups in total. The monoisotopic (exact) mass is 386 g/mol. The molecule has 1 aliphatic rings. The molecule has 0 saturated carbocycles. The fourth-order valence-corrected chi connectivity index (χ4v) is 3.66. The van der Waals surface area contributed by atoms with E-state index in [0.29, 0.717) is 44.1 Å². The van der Waals surface area contributed by atoms with Crippen LogP contribution in [-0.2, 0) is 16.1 Å². The number of hydrogen-bond acceptors (Lipinski definition) is 5. The molecule has 0 radical (unpaired) electrons. The van der Waals surface area contributed by atoms with E-state index in [9.17, 15) is 14.4 Å². The largest absolute Gasteiger partial charge is 0.375 e. The minimum absolute atomic E-state index is 0.0561. The lowest BCUT2D eigenvalue weighted by atomic mass is 10.2. The summed E-state index contributed by atoms with van der Waals surface area (Å²) in [5.74, 6) is -0.0564. The van der Waals surface area contributed by atoms with Gasteiger partial charge in [0.2, 0.25) is 5.91 Å². The molecule has 1 aromatic heterocycles. The lowest BCUT2D eigenvalue weighted by Gasteiger charge is -2.36. The Morgan fingerprint density at radius 3 is 2.29 bits per heavy atom. The van der Waals surface area contributed by atoms with Crippen LogP contribution in [0.25, 0.3) is 5.69 Å². The molecule has 0 spiro atoms. The van der Waals surface area contributed by atoms with Crippen LogP contribution in [0.3, 0.4) is 0 Å². The van der Waals surface area contributed by atoms with Crippen molar-refractivity contribution in [2.24, 2.45) is 0 Å². The molecular formula is C20H26N4O4. The number of anilines is 1. The highest BCUT2D eigenvalue weighted by Crippen LogP contribution is 2.19. The van der Waals surface area contributed by atoms with Crippen molar-refractivity contribution < 1.29 is 9.53 Å². The van der Waals surface area contributed by atoms with Crippen LogP contribution in [-0.4, -0.2) is 59.8 Å². The van der Waals surface area contributed by atoms with E-state index in [1.54, 1.807) is 23.3 Å². The first kappa shape index (κ1) is 19.9. The fourth-order valence-electron chi connectivity index (χ4n) is 3.66. The molecule has 1 aromatic carbocycles. The Labute approximate surface area is 163 Å². The van der Waals surface area contributed by atoms with Crippen LogP contribution >= 0.6 is 0 Å². The second-order valence-electron chi connectivity index (χ2n) is 6.74. The van der Waals surface area contributed by atoms with Gasteiger partial charge in [-0.3, -0.25) is 18.7 Å². The third kappa shape index (κ3) is 3.60. The van der Waals surface area contributed by atoms with Crippen molar-refractivity contribution in [1.29, 1.82) is 0 Å². The van der Waals surface area contributed by atoms with Crippen LogP contribution in [0.15, 0.2) is 39.9 Å². The van der Waals surface area contributed by atoms with Crippen molar-refractivity contribution in [3.63, 3.8) is 0 Å². The van der Waals surface area contributed by atoms with Crippen LogP contribution in [0.1, 0.15) is 12.6 Å². The number of para-hydroxylation sites is 1. The van der Waals surface area contributed by atoms with Crippen molar-refractivity contribution in [3.8, 4) is 5.69 Å². The van der Waals surface area contributed by atoms with Crippen molar-refractivity contribution in [2.45, 2.75) is 20.4 Å². The Morgan fingerprint density at radius 2 is 1.71 bits per heavy atom. The molecule has 1 saturated heterocycles. The first-order valence-corrected chi connectivity index (χ1v) is 9.43. The molecule has 2 heterocycles. The number of hydrogen-bond donors (Lipinski definition) is 0. The molecule has 0 bridgehead atoms. The molecule has 2 aromatic rings. The Kier molecular flexibility index (Phi) is 5.99. The highest BCUT2D eigenvalue weighted by molar-refractivity contribution is 5.77. The van der Waals surface area contributed by atoms with Gasteiger partial charge >= 0.3 is 5.69 Å². The molecule has 150 valence electrons. The van der Waals surface area contributed by atoms with Crippen molar-refractivity contribution in [1.82, 2.24) is 14.0 Å². The van der Waals surface area contributed by atoms with Crippen LogP contribution in [0.2, 0.25) is 0 Å². The van der Waals surface area contributed by atoms with E-state index in [-0.39, 0.29) is 23.8 Å². The Hall–Kier alpha value is -2.87.